The van der Waals surface area contributed by atoms with Crippen molar-refractivity contribution in [1.82, 2.24) is 15.0 Å². The average molecular weight is 821 g/mol. The fourth-order valence-corrected chi connectivity index (χ4v) is 4.82. The Morgan fingerprint density at radius 3 is 1.19 bits per heavy atom. The Kier molecular flexibility index (Phi) is 18.1. The van der Waals surface area contributed by atoms with Crippen molar-refractivity contribution in [2.75, 3.05) is 14.2 Å². The molecule has 0 saturated carbocycles. The molecule has 9 nitrogen and oxygen atoms in total. The van der Waals surface area contributed by atoms with Crippen LogP contribution in [0.3, 0.4) is 0 Å². The van der Waals surface area contributed by atoms with Crippen molar-refractivity contribution in [3.05, 3.63) is 194 Å². The lowest BCUT2D eigenvalue weighted by Gasteiger charge is -1.98. The van der Waals surface area contributed by atoms with Crippen molar-refractivity contribution in [2.24, 2.45) is 0 Å². The Hall–Kier alpha value is -7.32. The highest BCUT2D eigenvalue weighted by Crippen LogP contribution is 2.09. The van der Waals surface area contributed by atoms with Crippen LogP contribution in [0, 0.1) is 56.8 Å². The molecule has 10 heteroatoms. The number of pyridine rings is 3. The number of rotatable bonds is 3. The number of aromatic carboxylic acids is 1. The van der Waals surface area contributed by atoms with E-state index >= 15 is 0 Å². The van der Waals surface area contributed by atoms with Gasteiger partial charge < -0.3 is 14.6 Å². The van der Waals surface area contributed by atoms with Gasteiger partial charge in [-0.05, 0) is 130 Å². The number of terminal acetylenes is 1. The van der Waals surface area contributed by atoms with Gasteiger partial charge in [-0.15, -0.1) is 6.42 Å². The molecule has 0 aliphatic heterocycles. The van der Waals surface area contributed by atoms with Crippen LogP contribution < -0.4 is 0 Å². The average Bonchev–Trinajstić information content (AvgIpc) is 3.22. The summed E-state index contributed by atoms with van der Waals surface area (Å²) in [4.78, 5) is 45.1. The fourth-order valence-electron chi connectivity index (χ4n) is 4.37. The molecular weight excluding hydrogens is 782 g/mol. The summed E-state index contributed by atoms with van der Waals surface area (Å²) in [5.74, 6) is 12.9. The number of esters is 2. The summed E-state index contributed by atoms with van der Waals surface area (Å²) in [5, 5.41) is 8.77. The van der Waals surface area contributed by atoms with Crippen LogP contribution >= 0.6 is 15.9 Å². The first kappa shape index (κ1) is 44.1. The SMILES string of the molecule is C#Cc1ccc(C(=O)OC)cc1.COC(=O)c1ccc(C#Cc2ccnc(C)c2)cc1.Cc1cc(Br)ccn1.Cc1cc(C#Cc2ccc(C(=O)O)cc2)ccn1. The van der Waals surface area contributed by atoms with Gasteiger partial charge in [-0.25, -0.2) is 14.4 Å². The van der Waals surface area contributed by atoms with E-state index in [9.17, 15) is 14.4 Å². The summed E-state index contributed by atoms with van der Waals surface area (Å²) in [6.45, 7) is 5.80. The maximum Gasteiger partial charge on any atom is 0.337 e. The zero-order valence-corrected chi connectivity index (χ0v) is 33.5. The van der Waals surface area contributed by atoms with Gasteiger partial charge in [0.15, 0.2) is 0 Å². The van der Waals surface area contributed by atoms with Gasteiger partial charge in [-0.1, -0.05) is 45.5 Å². The number of carboxylic acids is 1. The third kappa shape index (κ3) is 16.3. The molecule has 0 radical (unpaired) electrons. The monoisotopic (exact) mass is 819 g/mol. The van der Waals surface area contributed by atoms with Crippen LogP contribution in [0.1, 0.15) is 76.0 Å². The number of aryl methyl sites for hydroxylation is 3. The topological polar surface area (TPSA) is 129 Å². The van der Waals surface area contributed by atoms with E-state index in [0.29, 0.717) is 11.1 Å². The van der Waals surface area contributed by atoms with Gasteiger partial charge in [0.05, 0.1) is 30.9 Å². The van der Waals surface area contributed by atoms with E-state index in [1.165, 1.54) is 14.2 Å². The zero-order chi connectivity index (χ0) is 41.6. The van der Waals surface area contributed by atoms with Gasteiger partial charge in [0.25, 0.3) is 0 Å². The predicted molar refractivity (Wildman–Crippen MR) is 223 cm³/mol. The highest BCUT2D eigenvalue weighted by atomic mass is 79.9. The molecule has 0 amide bonds. The molecule has 6 aromatic rings. The van der Waals surface area contributed by atoms with E-state index in [2.05, 4.69) is 70.0 Å². The van der Waals surface area contributed by atoms with Crippen molar-refractivity contribution in [3.8, 4) is 36.0 Å². The summed E-state index contributed by atoms with van der Waals surface area (Å²) in [7, 11) is 2.71. The number of benzene rings is 3. The van der Waals surface area contributed by atoms with Gasteiger partial charge in [0, 0.05) is 68.0 Å². The van der Waals surface area contributed by atoms with Crippen molar-refractivity contribution in [2.45, 2.75) is 20.8 Å². The molecular formula is C47H38BrN3O6. The van der Waals surface area contributed by atoms with Gasteiger partial charge in [-0.2, -0.15) is 0 Å². The van der Waals surface area contributed by atoms with Crippen molar-refractivity contribution in [3.63, 3.8) is 0 Å². The highest BCUT2D eigenvalue weighted by molar-refractivity contribution is 9.10. The summed E-state index contributed by atoms with van der Waals surface area (Å²) in [6.07, 6.45) is 10.4. The Balaban J connectivity index is 0.000000213. The molecule has 57 heavy (non-hydrogen) atoms. The highest BCUT2D eigenvalue weighted by Gasteiger charge is 2.04. The van der Waals surface area contributed by atoms with Crippen molar-refractivity contribution in [1.29, 1.82) is 0 Å². The van der Waals surface area contributed by atoms with Gasteiger partial charge in [0.2, 0.25) is 0 Å². The van der Waals surface area contributed by atoms with Crippen LogP contribution in [0.4, 0.5) is 0 Å². The Morgan fingerprint density at radius 2 is 0.877 bits per heavy atom. The van der Waals surface area contributed by atoms with Crippen LogP contribution in [0.25, 0.3) is 0 Å². The third-order valence-corrected chi connectivity index (χ3v) is 7.76. The normalized spacial score (nSPS) is 9.21. The molecule has 0 spiro atoms. The second-order valence-electron chi connectivity index (χ2n) is 11.7. The summed E-state index contributed by atoms with van der Waals surface area (Å²) >= 11 is 3.32. The maximum atomic E-state index is 11.3. The Morgan fingerprint density at radius 1 is 0.526 bits per heavy atom. The summed E-state index contributed by atoms with van der Waals surface area (Å²) < 4.78 is 10.2. The summed E-state index contributed by atoms with van der Waals surface area (Å²) in [5.41, 5.74) is 8.40. The first-order valence-corrected chi connectivity index (χ1v) is 17.8. The smallest absolute Gasteiger partial charge is 0.337 e. The lowest BCUT2D eigenvalue weighted by Crippen LogP contribution is -2.00. The van der Waals surface area contributed by atoms with Crippen LogP contribution in [0.2, 0.25) is 0 Å². The molecule has 0 atom stereocenters. The predicted octanol–water partition coefficient (Wildman–Crippen LogP) is 8.67. The van der Waals surface area contributed by atoms with Gasteiger partial charge in [0.1, 0.15) is 0 Å². The molecule has 0 saturated heterocycles. The molecule has 3 aromatic heterocycles. The van der Waals surface area contributed by atoms with E-state index in [1.54, 1.807) is 91.4 Å². The van der Waals surface area contributed by atoms with E-state index in [-0.39, 0.29) is 17.5 Å². The minimum absolute atomic E-state index is 0.264. The standard InChI is InChI=1S/C16H13NO2.C15H11NO2.C10H8O2.C6H6BrN/c1-12-11-14(9-10-17-12)4-3-13-5-7-15(8-6-13)16(18)19-2;1-11-10-13(8-9-16-11)3-2-12-4-6-14(7-5-12)15(17)18;1-3-8-4-6-9(7-5-8)10(11)12-2;1-5-4-6(7)2-3-8-5/h5-11H,1-2H3;4-10H,1H3,(H,17,18);1,4-7H,2H3;2-4H,1H3. The first-order valence-electron chi connectivity index (χ1n) is 17.0. The first-order chi connectivity index (χ1) is 27.4. The summed E-state index contributed by atoms with van der Waals surface area (Å²) in [6, 6.07) is 31.6. The number of ether oxygens (including phenoxy) is 2. The van der Waals surface area contributed by atoms with E-state index in [0.717, 1.165) is 49.4 Å². The number of hydrogen-bond donors (Lipinski definition) is 1. The second-order valence-corrected chi connectivity index (χ2v) is 12.6. The minimum atomic E-state index is -0.931. The van der Waals surface area contributed by atoms with Crippen LogP contribution in [-0.2, 0) is 9.47 Å². The molecule has 3 heterocycles. The van der Waals surface area contributed by atoms with Crippen LogP contribution in [-0.4, -0.2) is 52.2 Å². The zero-order valence-electron chi connectivity index (χ0n) is 31.9. The van der Waals surface area contributed by atoms with Gasteiger partial charge >= 0.3 is 17.9 Å². The van der Waals surface area contributed by atoms with Gasteiger partial charge in [-0.3, -0.25) is 15.0 Å². The quantitative estimate of drug-likeness (QED) is 0.138. The molecule has 0 bridgehead atoms. The molecule has 0 fully saturated rings. The Bertz CT molecular complexity index is 2430. The molecule has 0 aliphatic rings. The lowest BCUT2D eigenvalue weighted by atomic mass is 10.1. The lowest BCUT2D eigenvalue weighted by molar-refractivity contribution is 0.0592. The maximum absolute atomic E-state index is 11.3. The number of aromatic nitrogens is 3. The number of carboxylic acid groups (broad SMARTS) is 1. The minimum Gasteiger partial charge on any atom is -0.478 e. The molecule has 6 rings (SSSR count). The Labute approximate surface area is 341 Å². The van der Waals surface area contributed by atoms with E-state index in [1.807, 2.05) is 57.2 Å². The van der Waals surface area contributed by atoms with Crippen molar-refractivity contribution >= 4 is 33.8 Å². The number of carbonyl (C=O) groups is 3. The van der Waals surface area contributed by atoms with Crippen LogP contribution in [0.5, 0.6) is 0 Å². The fraction of sp³-hybridized carbons (Fsp3) is 0.106. The molecule has 1 N–H and O–H groups in total. The molecule has 0 aliphatic carbocycles. The number of halogens is 1. The van der Waals surface area contributed by atoms with E-state index < -0.39 is 5.97 Å². The van der Waals surface area contributed by atoms with Crippen LogP contribution in [0.15, 0.2) is 132 Å². The van der Waals surface area contributed by atoms with Crippen molar-refractivity contribution < 1.29 is 29.0 Å². The van der Waals surface area contributed by atoms with E-state index in [4.69, 9.17) is 11.5 Å². The molecule has 3 aromatic carbocycles. The second kappa shape index (κ2) is 23.5. The molecule has 284 valence electrons. The third-order valence-electron chi connectivity index (χ3n) is 7.26. The number of carbonyl (C=O) groups excluding carboxylic acids is 2. The number of nitrogens with zero attached hydrogens (tertiary/aromatic N) is 3. The number of hydrogen-bond acceptors (Lipinski definition) is 8. The molecule has 0 unspecified atom stereocenters. The number of methoxy groups -OCH3 is 2. The largest absolute Gasteiger partial charge is 0.478 e.